The van der Waals surface area contributed by atoms with Crippen molar-refractivity contribution in [1.29, 1.82) is 0 Å². The molecule has 0 aromatic rings. The van der Waals surface area contributed by atoms with Crippen LogP contribution in [-0.2, 0) is 9.59 Å². The molecule has 13 heavy (non-hydrogen) atoms. The Morgan fingerprint density at radius 1 is 1.54 bits per heavy atom. The van der Waals surface area contributed by atoms with Gasteiger partial charge in [0.2, 0.25) is 5.91 Å². The van der Waals surface area contributed by atoms with Crippen molar-refractivity contribution in [3.63, 3.8) is 0 Å². The third-order valence-corrected chi connectivity index (χ3v) is 1.60. The zero-order chi connectivity index (χ0) is 10.4. The van der Waals surface area contributed by atoms with Gasteiger partial charge in [-0.3, -0.25) is 4.79 Å². The van der Waals surface area contributed by atoms with Crippen LogP contribution in [-0.4, -0.2) is 41.3 Å². The van der Waals surface area contributed by atoms with Gasteiger partial charge in [-0.1, -0.05) is 6.92 Å². The molecule has 0 saturated carbocycles. The van der Waals surface area contributed by atoms with Gasteiger partial charge in [-0.05, 0) is 0 Å². The molecule has 2 atom stereocenters. The van der Waals surface area contributed by atoms with Crippen LogP contribution in [0.5, 0.6) is 0 Å². The van der Waals surface area contributed by atoms with E-state index >= 15 is 0 Å². The summed E-state index contributed by atoms with van der Waals surface area (Å²) in [5, 5.41) is 19.2. The lowest BCUT2D eigenvalue weighted by Gasteiger charge is -2.14. The molecule has 2 unspecified atom stereocenters. The lowest BCUT2D eigenvalue weighted by Crippen LogP contribution is -2.46. The van der Waals surface area contributed by atoms with Crippen molar-refractivity contribution in [3.8, 4) is 0 Å². The highest BCUT2D eigenvalue weighted by atomic mass is 16.4. The predicted octanol–water partition coefficient (Wildman–Crippen LogP) is -1.86. The number of aliphatic hydroxyl groups is 1. The first-order valence-electron chi connectivity index (χ1n) is 3.87. The van der Waals surface area contributed by atoms with E-state index in [0.29, 0.717) is 0 Å². The Morgan fingerprint density at radius 3 is 2.38 bits per heavy atom. The van der Waals surface area contributed by atoms with Gasteiger partial charge in [0.05, 0.1) is 6.61 Å². The molecule has 0 fully saturated rings. The molecule has 0 saturated heterocycles. The molecular formula is C7H14N2O4. The topological polar surface area (TPSA) is 113 Å². The highest BCUT2D eigenvalue weighted by molar-refractivity contribution is 5.84. The molecule has 0 heterocycles. The van der Waals surface area contributed by atoms with E-state index in [1.807, 2.05) is 0 Å². The van der Waals surface area contributed by atoms with E-state index in [2.05, 4.69) is 5.32 Å². The molecule has 0 aliphatic carbocycles. The van der Waals surface area contributed by atoms with Crippen LogP contribution < -0.4 is 11.1 Å². The van der Waals surface area contributed by atoms with E-state index in [9.17, 15) is 9.59 Å². The second-order valence-electron chi connectivity index (χ2n) is 2.72. The summed E-state index contributed by atoms with van der Waals surface area (Å²) in [7, 11) is 0. The number of carbonyl (C=O) groups excluding carboxylic acids is 1. The monoisotopic (exact) mass is 190 g/mol. The standard InChI is InChI=1S/C7H14N2O4/c1-4(2-8)6(11)9-5(3-10)7(12)13/h4-5,10H,2-3,8H2,1H3,(H,9,11)(H,12,13). The van der Waals surface area contributed by atoms with Crippen LogP contribution >= 0.6 is 0 Å². The van der Waals surface area contributed by atoms with Gasteiger partial charge in [0.15, 0.2) is 0 Å². The summed E-state index contributed by atoms with van der Waals surface area (Å²) in [6.07, 6.45) is 0. The average molecular weight is 190 g/mol. The summed E-state index contributed by atoms with van der Waals surface area (Å²) in [5.41, 5.74) is 5.20. The van der Waals surface area contributed by atoms with Crippen LogP contribution in [0.4, 0.5) is 0 Å². The maximum absolute atomic E-state index is 11.1. The van der Waals surface area contributed by atoms with E-state index in [4.69, 9.17) is 15.9 Å². The van der Waals surface area contributed by atoms with Gasteiger partial charge < -0.3 is 21.3 Å². The lowest BCUT2D eigenvalue weighted by atomic mass is 10.1. The molecule has 76 valence electrons. The van der Waals surface area contributed by atoms with Crippen molar-refractivity contribution in [2.45, 2.75) is 13.0 Å². The van der Waals surface area contributed by atoms with Crippen molar-refractivity contribution >= 4 is 11.9 Å². The molecule has 1 amide bonds. The Hall–Kier alpha value is -1.14. The van der Waals surface area contributed by atoms with Crippen molar-refractivity contribution < 1.29 is 19.8 Å². The number of hydrogen-bond acceptors (Lipinski definition) is 4. The third-order valence-electron chi connectivity index (χ3n) is 1.60. The molecule has 5 N–H and O–H groups in total. The molecule has 0 spiro atoms. The van der Waals surface area contributed by atoms with E-state index in [1.165, 1.54) is 0 Å². The molecular weight excluding hydrogens is 176 g/mol. The number of carbonyl (C=O) groups is 2. The molecule has 0 aliphatic rings. The number of rotatable bonds is 5. The second-order valence-corrected chi connectivity index (χ2v) is 2.72. The Balaban J connectivity index is 4.09. The number of aliphatic hydroxyl groups excluding tert-OH is 1. The SMILES string of the molecule is CC(CN)C(=O)NC(CO)C(=O)O. The Bertz CT molecular complexity index is 195. The minimum Gasteiger partial charge on any atom is -0.480 e. The van der Waals surface area contributed by atoms with Gasteiger partial charge >= 0.3 is 5.97 Å². The Morgan fingerprint density at radius 2 is 2.08 bits per heavy atom. The van der Waals surface area contributed by atoms with Gasteiger partial charge in [-0.2, -0.15) is 0 Å². The summed E-state index contributed by atoms with van der Waals surface area (Å²) in [5.74, 6) is -2.18. The van der Waals surface area contributed by atoms with Crippen molar-refractivity contribution in [3.05, 3.63) is 0 Å². The molecule has 6 nitrogen and oxygen atoms in total. The number of hydrogen-bond donors (Lipinski definition) is 4. The summed E-state index contributed by atoms with van der Waals surface area (Å²) < 4.78 is 0. The molecule has 0 bridgehead atoms. The number of carboxylic acids is 1. The fourth-order valence-electron chi connectivity index (χ4n) is 0.606. The van der Waals surface area contributed by atoms with Gasteiger partial charge in [0.25, 0.3) is 0 Å². The van der Waals surface area contributed by atoms with E-state index in [-0.39, 0.29) is 6.54 Å². The second kappa shape index (κ2) is 5.50. The molecule has 0 aliphatic heterocycles. The summed E-state index contributed by atoms with van der Waals surface area (Å²) in [6.45, 7) is 1.09. The van der Waals surface area contributed by atoms with Crippen LogP contribution in [0, 0.1) is 5.92 Å². The zero-order valence-electron chi connectivity index (χ0n) is 7.36. The van der Waals surface area contributed by atoms with Crippen molar-refractivity contribution in [1.82, 2.24) is 5.32 Å². The largest absolute Gasteiger partial charge is 0.480 e. The number of carboxylic acid groups (broad SMARTS) is 1. The fraction of sp³-hybridized carbons (Fsp3) is 0.714. The smallest absolute Gasteiger partial charge is 0.328 e. The van der Waals surface area contributed by atoms with Gasteiger partial charge in [0.1, 0.15) is 6.04 Å². The van der Waals surface area contributed by atoms with Crippen LogP contribution in [0.25, 0.3) is 0 Å². The number of aliphatic carboxylic acids is 1. The first-order valence-corrected chi connectivity index (χ1v) is 3.87. The van der Waals surface area contributed by atoms with E-state index in [1.54, 1.807) is 6.92 Å². The Kier molecular flexibility index (Phi) is 5.01. The first-order chi connectivity index (χ1) is 6.02. The van der Waals surface area contributed by atoms with Crippen LogP contribution in [0.1, 0.15) is 6.92 Å². The number of nitrogens with two attached hydrogens (primary N) is 1. The number of amides is 1. The average Bonchev–Trinajstić information content (AvgIpc) is 2.11. The van der Waals surface area contributed by atoms with E-state index in [0.717, 1.165) is 0 Å². The Labute approximate surface area is 75.7 Å². The highest BCUT2D eigenvalue weighted by Gasteiger charge is 2.20. The number of nitrogens with one attached hydrogen (secondary N) is 1. The van der Waals surface area contributed by atoms with Crippen molar-refractivity contribution in [2.24, 2.45) is 11.7 Å². The summed E-state index contributed by atoms with van der Waals surface area (Å²) >= 11 is 0. The molecule has 0 aromatic heterocycles. The van der Waals surface area contributed by atoms with Gasteiger partial charge in [0, 0.05) is 12.5 Å². The highest BCUT2D eigenvalue weighted by Crippen LogP contribution is 1.92. The predicted molar refractivity (Wildman–Crippen MR) is 44.9 cm³/mol. The maximum atomic E-state index is 11.1. The van der Waals surface area contributed by atoms with Crippen LogP contribution in [0.2, 0.25) is 0 Å². The third kappa shape index (κ3) is 3.86. The quantitative estimate of drug-likeness (QED) is 0.406. The van der Waals surface area contributed by atoms with E-state index < -0.39 is 30.4 Å². The summed E-state index contributed by atoms with van der Waals surface area (Å²) in [6, 6.07) is -1.25. The molecule has 0 aromatic carbocycles. The minimum absolute atomic E-state index is 0.142. The molecule has 6 heteroatoms. The van der Waals surface area contributed by atoms with Crippen LogP contribution in [0.15, 0.2) is 0 Å². The van der Waals surface area contributed by atoms with Crippen molar-refractivity contribution in [2.75, 3.05) is 13.2 Å². The lowest BCUT2D eigenvalue weighted by molar-refractivity contribution is -0.143. The van der Waals surface area contributed by atoms with Crippen LogP contribution in [0.3, 0.4) is 0 Å². The first kappa shape index (κ1) is 11.9. The molecule has 0 rings (SSSR count). The summed E-state index contributed by atoms with van der Waals surface area (Å²) in [4.78, 5) is 21.5. The van der Waals surface area contributed by atoms with Gasteiger partial charge in [-0.15, -0.1) is 0 Å². The minimum atomic E-state index is -1.26. The fourth-order valence-corrected chi connectivity index (χ4v) is 0.606. The van der Waals surface area contributed by atoms with Gasteiger partial charge in [-0.25, -0.2) is 4.79 Å². The normalized spacial score (nSPS) is 14.7. The zero-order valence-corrected chi connectivity index (χ0v) is 7.36. The molecule has 0 radical (unpaired) electrons. The maximum Gasteiger partial charge on any atom is 0.328 e.